The standard InChI is InChI=1S/C20H26N4O/c1-7-15(10-9-14(4)23-18(8-2)21-5)19-13(3)11-17(25-6)20-16(19)12-22-24-20/h7-12,21H,1-6H3,(H,22,24)/b10-9-,15-7+,18-8-,23-14+. The van der Waals surface area contributed by atoms with Crippen molar-refractivity contribution in [3.63, 3.8) is 0 Å². The van der Waals surface area contributed by atoms with Gasteiger partial charge in [0.2, 0.25) is 0 Å². The summed E-state index contributed by atoms with van der Waals surface area (Å²) in [5.41, 5.74) is 5.25. The summed E-state index contributed by atoms with van der Waals surface area (Å²) in [4.78, 5) is 4.53. The zero-order chi connectivity index (χ0) is 18.4. The van der Waals surface area contributed by atoms with Gasteiger partial charge in [0.05, 0.1) is 13.3 Å². The Balaban J connectivity index is 2.46. The zero-order valence-electron chi connectivity index (χ0n) is 15.8. The number of benzene rings is 1. The topological polar surface area (TPSA) is 62.3 Å². The van der Waals surface area contributed by atoms with Crippen molar-refractivity contribution >= 4 is 22.2 Å². The van der Waals surface area contributed by atoms with E-state index in [4.69, 9.17) is 4.74 Å². The highest BCUT2D eigenvalue weighted by molar-refractivity contribution is 6.01. The van der Waals surface area contributed by atoms with Gasteiger partial charge in [0, 0.05) is 18.1 Å². The number of ether oxygens (including phenoxy) is 1. The summed E-state index contributed by atoms with van der Waals surface area (Å²) in [5, 5.41) is 11.3. The monoisotopic (exact) mass is 338 g/mol. The van der Waals surface area contributed by atoms with E-state index in [1.807, 2.05) is 52.2 Å². The van der Waals surface area contributed by atoms with E-state index < -0.39 is 0 Å². The van der Waals surface area contributed by atoms with Crippen LogP contribution in [0.3, 0.4) is 0 Å². The molecule has 0 bridgehead atoms. The molecule has 0 unspecified atom stereocenters. The lowest BCUT2D eigenvalue weighted by Gasteiger charge is -2.11. The van der Waals surface area contributed by atoms with Gasteiger partial charge in [-0.25, -0.2) is 4.99 Å². The van der Waals surface area contributed by atoms with E-state index in [1.165, 1.54) is 0 Å². The smallest absolute Gasteiger partial charge is 0.144 e. The van der Waals surface area contributed by atoms with E-state index in [2.05, 4.69) is 39.6 Å². The predicted molar refractivity (Wildman–Crippen MR) is 106 cm³/mol. The number of aromatic nitrogens is 2. The number of hydrogen-bond donors (Lipinski definition) is 2. The Bertz CT molecular complexity index is 869. The highest BCUT2D eigenvalue weighted by atomic mass is 16.5. The van der Waals surface area contributed by atoms with E-state index in [0.29, 0.717) is 0 Å². The highest BCUT2D eigenvalue weighted by Crippen LogP contribution is 2.34. The van der Waals surface area contributed by atoms with Crippen LogP contribution >= 0.6 is 0 Å². The van der Waals surface area contributed by atoms with Crippen LogP contribution in [0.2, 0.25) is 0 Å². The van der Waals surface area contributed by atoms with Crippen LogP contribution in [0, 0.1) is 6.92 Å². The number of methoxy groups -OCH3 is 1. The molecule has 1 heterocycles. The fourth-order valence-electron chi connectivity index (χ4n) is 2.79. The average Bonchev–Trinajstić information content (AvgIpc) is 3.10. The molecule has 1 aromatic heterocycles. The highest BCUT2D eigenvalue weighted by Gasteiger charge is 2.13. The van der Waals surface area contributed by atoms with Crippen molar-refractivity contribution in [1.29, 1.82) is 0 Å². The summed E-state index contributed by atoms with van der Waals surface area (Å²) in [6.45, 7) is 8.06. The van der Waals surface area contributed by atoms with Crippen molar-refractivity contribution in [2.24, 2.45) is 4.99 Å². The molecule has 1 aromatic carbocycles. The Labute approximate surface area is 149 Å². The van der Waals surface area contributed by atoms with Gasteiger partial charge < -0.3 is 10.1 Å². The molecule has 25 heavy (non-hydrogen) atoms. The fourth-order valence-corrected chi connectivity index (χ4v) is 2.79. The second-order valence-corrected chi connectivity index (χ2v) is 5.68. The van der Waals surface area contributed by atoms with Gasteiger partial charge in [-0.15, -0.1) is 0 Å². The minimum absolute atomic E-state index is 0.803. The SMILES string of the molecule is C\C=C(/N=C(C)/C=C\C(=C/C)c1c(C)cc(OC)c2[nH]ncc12)NC. The molecule has 0 aliphatic rings. The molecular weight excluding hydrogens is 312 g/mol. The van der Waals surface area contributed by atoms with Gasteiger partial charge >= 0.3 is 0 Å². The lowest BCUT2D eigenvalue weighted by molar-refractivity contribution is 0.418. The third-order valence-corrected chi connectivity index (χ3v) is 4.05. The number of aryl methyl sites for hydroxylation is 1. The number of nitrogens with zero attached hydrogens (tertiary/aromatic N) is 2. The van der Waals surface area contributed by atoms with Gasteiger partial charge in [0.15, 0.2) is 0 Å². The molecule has 0 atom stereocenters. The van der Waals surface area contributed by atoms with Crippen LogP contribution in [0.1, 0.15) is 31.9 Å². The third kappa shape index (κ3) is 3.99. The average molecular weight is 338 g/mol. The molecule has 5 nitrogen and oxygen atoms in total. The number of H-pyrrole nitrogens is 1. The zero-order valence-corrected chi connectivity index (χ0v) is 15.8. The van der Waals surface area contributed by atoms with Crippen LogP contribution in [-0.4, -0.2) is 30.1 Å². The van der Waals surface area contributed by atoms with Crippen molar-refractivity contribution < 1.29 is 4.74 Å². The molecule has 0 fully saturated rings. The van der Waals surface area contributed by atoms with Crippen molar-refractivity contribution in [3.05, 3.63) is 53.5 Å². The number of fused-ring (bicyclic) bond motifs is 1. The fraction of sp³-hybridized carbons (Fsp3) is 0.300. The summed E-state index contributed by atoms with van der Waals surface area (Å²) in [5.74, 6) is 1.65. The molecule has 0 saturated carbocycles. The van der Waals surface area contributed by atoms with E-state index in [1.54, 1.807) is 7.11 Å². The minimum atomic E-state index is 0.803. The normalized spacial score (nSPS) is 13.8. The summed E-state index contributed by atoms with van der Waals surface area (Å²) < 4.78 is 5.46. The quantitative estimate of drug-likeness (QED) is 0.607. The Morgan fingerprint density at radius 1 is 1.28 bits per heavy atom. The second kappa shape index (κ2) is 8.33. The number of nitrogens with one attached hydrogen (secondary N) is 2. The largest absolute Gasteiger partial charge is 0.494 e. The summed E-state index contributed by atoms with van der Waals surface area (Å²) in [6, 6.07) is 2.03. The van der Waals surface area contributed by atoms with E-state index in [-0.39, 0.29) is 0 Å². The van der Waals surface area contributed by atoms with Crippen LogP contribution in [0.5, 0.6) is 5.75 Å². The molecule has 0 spiro atoms. The lowest BCUT2D eigenvalue weighted by Crippen LogP contribution is -2.04. The number of aromatic amines is 1. The van der Waals surface area contributed by atoms with Gasteiger partial charge in [-0.3, -0.25) is 5.10 Å². The maximum atomic E-state index is 5.46. The molecule has 0 aliphatic carbocycles. The molecule has 0 saturated heterocycles. The molecule has 0 amide bonds. The van der Waals surface area contributed by atoms with Crippen LogP contribution in [-0.2, 0) is 0 Å². The number of hydrogen-bond acceptors (Lipinski definition) is 4. The van der Waals surface area contributed by atoms with Crippen LogP contribution in [0.4, 0.5) is 0 Å². The first-order valence-electron chi connectivity index (χ1n) is 8.30. The second-order valence-electron chi connectivity index (χ2n) is 5.68. The number of rotatable bonds is 6. The Morgan fingerprint density at radius 2 is 2.04 bits per heavy atom. The van der Waals surface area contributed by atoms with Gasteiger partial charge in [-0.05, 0) is 62.6 Å². The first-order chi connectivity index (χ1) is 12.0. The predicted octanol–water partition coefficient (Wildman–Crippen LogP) is 4.38. The Hall–Kier alpha value is -2.82. The summed E-state index contributed by atoms with van der Waals surface area (Å²) in [7, 11) is 3.54. The third-order valence-electron chi connectivity index (χ3n) is 4.05. The molecule has 2 N–H and O–H groups in total. The van der Waals surface area contributed by atoms with Crippen molar-refractivity contribution in [2.75, 3.05) is 14.2 Å². The first-order valence-corrected chi connectivity index (χ1v) is 8.30. The molecular formula is C20H26N4O. The molecule has 0 aliphatic heterocycles. The van der Waals surface area contributed by atoms with Crippen molar-refractivity contribution in [1.82, 2.24) is 15.5 Å². The van der Waals surface area contributed by atoms with E-state index in [9.17, 15) is 0 Å². The maximum Gasteiger partial charge on any atom is 0.144 e. The molecule has 0 radical (unpaired) electrons. The van der Waals surface area contributed by atoms with Crippen LogP contribution < -0.4 is 10.1 Å². The van der Waals surface area contributed by atoms with Crippen LogP contribution in [0.25, 0.3) is 16.5 Å². The van der Waals surface area contributed by atoms with E-state index in [0.717, 1.165) is 44.9 Å². The van der Waals surface area contributed by atoms with Gasteiger partial charge in [-0.1, -0.05) is 12.2 Å². The number of aliphatic imine (C=N–C) groups is 1. The maximum absolute atomic E-state index is 5.46. The van der Waals surface area contributed by atoms with Gasteiger partial charge in [-0.2, -0.15) is 5.10 Å². The Morgan fingerprint density at radius 3 is 2.64 bits per heavy atom. The van der Waals surface area contributed by atoms with Gasteiger partial charge in [0.25, 0.3) is 0 Å². The van der Waals surface area contributed by atoms with Crippen molar-refractivity contribution in [3.8, 4) is 5.75 Å². The minimum Gasteiger partial charge on any atom is -0.494 e. The summed E-state index contributed by atoms with van der Waals surface area (Å²) >= 11 is 0. The van der Waals surface area contributed by atoms with Gasteiger partial charge in [0.1, 0.15) is 17.1 Å². The number of allylic oxidation sites excluding steroid dienone is 5. The molecule has 5 heteroatoms. The Kier molecular flexibility index (Phi) is 6.17. The lowest BCUT2D eigenvalue weighted by atomic mass is 9.95. The van der Waals surface area contributed by atoms with Crippen molar-refractivity contribution in [2.45, 2.75) is 27.7 Å². The van der Waals surface area contributed by atoms with Crippen LogP contribution in [0.15, 0.2) is 47.4 Å². The first kappa shape index (κ1) is 18.5. The molecule has 2 aromatic rings. The molecule has 132 valence electrons. The van der Waals surface area contributed by atoms with E-state index >= 15 is 0 Å². The molecule has 2 rings (SSSR count). The summed E-state index contributed by atoms with van der Waals surface area (Å²) in [6.07, 6.45) is 9.99.